The van der Waals surface area contributed by atoms with Crippen LogP contribution in [0.1, 0.15) is 11.1 Å². The van der Waals surface area contributed by atoms with E-state index in [4.69, 9.17) is 23.8 Å². The van der Waals surface area contributed by atoms with Crippen LogP contribution in [0.3, 0.4) is 0 Å². The van der Waals surface area contributed by atoms with Crippen molar-refractivity contribution in [3.8, 4) is 5.88 Å². The molecule has 2 rings (SSSR count). The van der Waals surface area contributed by atoms with Gasteiger partial charge in [0, 0.05) is 11.6 Å². The zero-order valence-electron chi connectivity index (χ0n) is 9.40. The highest BCUT2D eigenvalue weighted by Gasteiger charge is 2.06. The summed E-state index contributed by atoms with van der Waals surface area (Å²) in [6, 6.07) is 5.83. The molecule has 0 saturated heterocycles. The Labute approximate surface area is 110 Å². The number of aromatic nitrogens is 2. The van der Waals surface area contributed by atoms with Crippen LogP contribution in [0, 0.1) is 11.7 Å². The zero-order chi connectivity index (χ0) is 12.4. The lowest BCUT2D eigenvalue weighted by Crippen LogP contribution is -2.02. The molecule has 2 aromatic rings. The van der Waals surface area contributed by atoms with E-state index in [2.05, 4.69) is 4.98 Å². The summed E-state index contributed by atoms with van der Waals surface area (Å²) in [5.41, 5.74) is 2.25. The number of aromatic amines is 1. The molecule has 17 heavy (non-hydrogen) atoms. The molecule has 1 aromatic heterocycles. The summed E-state index contributed by atoms with van der Waals surface area (Å²) in [5.74, 6) is 0.153. The van der Waals surface area contributed by atoms with Gasteiger partial charge < -0.3 is 10.1 Å². The molecular weight excluding hydrogens is 256 g/mol. The lowest BCUT2D eigenvalue weighted by atomic mass is 10.1. The fourth-order valence-electron chi connectivity index (χ4n) is 1.81. The monoisotopic (exact) mass is 268 g/mol. The smallest absolute Gasteiger partial charge is 0.209 e. The van der Waals surface area contributed by atoms with Gasteiger partial charge in [0.05, 0.1) is 6.20 Å². The van der Waals surface area contributed by atoms with Crippen molar-refractivity contribution in [1.82, 2.24) is 9.55 Å². The molecule has 5 heteroatoms. The summed E-state index contributed by atoms with van der Waals surface area (Å²) in [7, 11) is 0. The summed E-state index contributed by atoms with van der Waals surface area (Å²) in [6.07, 6.45) is 2.23. The van der Waals surface area contributed by atoms with Crippen LogP contribution in [0.25, 0.3) is 0 Å². The molecule has 0 aliphatic carbocycles. The molecular formula is C12H13ClN2OS. The quantitative estimate of drug-likeness (QED) is 0.837. The Morgan fingerprint density at radius 3 is 2.82 bits per heavy atom. The minimum Gasteiger partial charge on any atom is -0.493 e. The number of halogens is 1. The highest BCUT2D eigenvalue weighted by Crippen LogP contribution is 2.21. The average Bonchev–Trinajstić information content (AvgIpc) is 2.59. The van der Waals surface area contributed by atoms with Gasteiger partial charge in [0.2, 0.25) is 5.88 Å². The van der Waals surface area contributed by atoms with Gasteiger partial charge in [-0.3, -0.25) is 4.57 Å². The van der Waals surface area contributed by atoms with Crippen LogP contribution >= 0.6 is 23.8 Å². The Hall–Kier alpha value is -1.26. The molecule has 0 aliphatic heterocycles. The van der Waals surface area contributed by atoms with Crippen LogP contribution < -0.4 is 0 Å². The number of H-pyrrole nitrogens is 1. The largest absolute Gasteiger partial charge is 0.493 e. The first-order valence-electron chi connectivity index (χ1n) is 5.31. The van der Waals surface area contributed by atoms with Crippen molar-refractivity contribution in [3.05, 3.63) is 45.3 Å². The second-order valence-corrected chi connectivity index (χ2v) is 4.68. The molecule has 0 saturated carbocycles. The Bertz CT molecular complexity index is 568. The predicted octanol–water partition coefficient (Wildman–Crippen LogP) is 3.46. The van der Waals surface area contributed by atoms with E-state index in [0.29, 0.717) is 11.3 Å². The molecule has 0 bridgehead atoms. The summed E-state index contributed by atoms with van der Waals surface area (Å²) in [6.45, 7) is 2.64. The summed E-state index contributed by atoms with van der Waals surface area (Å²) in [5, 5.41) is 10.3. The van der Waals surface area contributed by atoms with Gasteiger partial charge in [0.15, 0.2) is 4.77 Å². The lowest BCUT2D eigenvalue weighted by Gasteiger charge is -2.09. The normalized spacial score (nSPS) is 10.7. The molecule has 1 heterocycles. The Kier molecular flexibility index (Phi) is 3.54. The standard InChI is InChI=1S/C12H13ClN2OS/c1-8-3-2-4-10(13)9(8)5-6-15-11(16)7-14-12(15)17/h2-4,7,16H,5-6H2,1H3,(H,14,17). The van der Waals surface area contributed by atoms with Gasteiger partial charge in [-0.05, 0) is 42.8 Å². The van der Waals surface area contributed by atoms with E-state index in [1.54, 1.807) is 4.57 Å². The van der Waals surface area contributed by atoms with Crippen molar-refractivity contribution in [3.63, 3.8) is 0 Å². The van der Waals surface area contributed by atoms with Crippen LogP contribution in [0.4, 0.5) is 0 Å². The van der Waals surface area contributed by atoms with Gasteiger partial charge in [-0.2, -0.15) is 0 Å². The van der Waals surface area contributed by atoms with Crippen LogP contribution in [0.5, 0.6) is 5.88 Å². The third kappa shape index (κ3) is 2.53. The number of aryl methyl sites for hydroxylation is 1. The third-order valence-electron chi connectivity index (χ3n) is 2.78. The molecule has 0 aliphatic rings. The number of benzene rings is 1. The van der Waals surface area contributed by atoms with Gasteiger partial charge in [0.1, 0.15) is 0 Å². The second-order valence-electron chi connectivity index (χ2n) is 3.89. The van der Waals surface area contributed by atoms with Gasteiger partial charge in [-0.1, -0.05) is 23.7 Å². The van der Waals surface area contributed by atoms with E-state index < -0.39 is 0 Å². The van der Waals surface area contributed by atoms with Crippen LogP contribution in [-0.4, -0.2) is 14.7 Å². The van der Waals surface area contributed by atoms with Crippen LogP contribution in [0.15, 0.2) is 24.4 Å². The first kappa shape index (κ1) is 12.2. The van der Waals surface area contributed by atoms with Crippen molar-refractivity contribution >= 4 is 23.8 Å². The van der Waals surface area contributed by atoms with E-state index in [0.717, 1.165) is 22.6 Å². The third-order valence-corrected chi connectivity index (χ3v) is 3.48. The minimum absolute atomic E-state index is 0.153. The summed E-state index contributed by atoms with van der Waals surface area (Å²) >= 11 is 11.2. The number of hydrogen-bond donors (Lipinski definition) is 2. The molecule has 0 unspecified atom stereocenters. The first-order chi connectivity index (χ1) is 8.09. The number of aromatic hydroxyl groups is 1. The Morgan fingerprint density at radius 2 is 2.24 bits per heavy atom. The number of nitrogens with zero attached hydrogens (tertiary/aromatic N) is 1. The van der Waals surface area contributed by atoms with Gasteiger partial charge in [-0.15, -0.1) is 0 Å². The molecule has 0 spiro atoms. The van der Waals surface area contributed by atoms with Crippen LogP contribution in [0.2, 0.25) is 5.02 Å². The highest BCUT2D eigenvalue weighted by molar-refractivity contribution is 7.71. The fourth-order valence-corrected chi connectivity index (χ4v) is 2.37. The molecule has 0 atom stereocenters. The predicted molar refractivity (Wildman–Crippen MR) is 71.2 cm³/mol. The molecule has 3 nitrogen and oxygen atoms in total. The molecule has 2 N–H and O–H groups in total. The van der Waals surface area contributed by atoms with E-state index in [1.165, 1.54) is 6.20 Å². The van der Waals surface area contributed by atoms with E-state index >= 15 is 0 Å². The summed E-state index contributed by atoms with van der Waals surface area (Å²) in [4.78, 5) is 2.80. The minimum atomic E-state index is 0.153. The van der Waals surface area contributed by atoms with Crippen molar-refractivity contribution in [1.29, 1.82) is 0 Å². The lowest BCUT2D eigenvalue weighted by molar-refractivity contribution is 0.415. The Morgan fingerprint density at radius 1 is 1.47 bits per heavy atom. The number of hydrogen-bond acceptors (Lipinski definition) is 2. The van der Waals surface area contributed by atoms with Gasteiger partial charge in [-0.25, -0.2) is 0 Å². The number of imidazole rings is 1. The first-order valence-corrected chi connectivity index (χ1v) is 6.09. The molecule has 0 radical (unpaired) electrons. The van der Waals surface area contributed by atoms with E-state index in [9.17, 15) is 5.11 Å². The molecule has 0 amide bonds. The van der Waals surface area contributed by atoms with Crippen molar-refractivity contribution < 1.29 is 5.11 Å². The van der Waals surface area contributed by atoms with Crippen molar-refractivity contribution in [2.24, 2.45) is 0 Å². The van der Waals surface area contributed by atoms with E-state index in [1.807, 2.05) is 25.1 Å². The maximum absolute atomic E-state index is 9.58. The Balaban J connectivity index is 2.21. The highest BCUT2D eigenvalue weighted by atomic mass is 35.5. The molecule has 0 fully saturated rings. The zero-order valence-corrected chi connectivity index (χ0v) is 11.0. The number of rotatable bonds is 3. The van der Waals surface area contributed by atoms with E-state index in [-0.39, 0.29) is 5.88 Å². The van der Waals surface area contributed by atoms with Gasteiger partial charge >= 0.3 is 0 Å². The second kappa shape index (κ2) is 4.94. The van der Waals surface area contributed by atoms with Gasteiger partial charge in [0.25, 0.3) is 0 Å². The SMILES string of the molecule is Cc1cccc(Cl)c1CCn1c(O)c[nH]c1=S. The average molecular weight is 269 g/mol. The van der Waals surface area contributed by atoms with Crippen LogP contribution in [-0.2, 0) is 13.0 Å². The fraction of sp³-hybridized carbons (Fsp3) is 0.250. The topological polar surface area (TPSA) is 41.0 Å². The summed E-state index contributed by atoms with van der Waals surface area (Å²) < 4.78 is 2.17. The van der Waals surface area contributed by atoms with Crippen molar-refractivity contribution in [2.75, 3.05) is 0 Å². The number of nitrogens with one attached hydrogen (secondary N) is 1. The van der Waals surface area contributed by atoms with Crippen molar-refractivity contribution in [2.45, 2.75) is 19.9 Å². The maximum Gasteiger partial charge on any atom is 0.209 e. The molecule has 1 aromatic carbocycles. The molecule has 90 valence electrons. The maximum atomic E-state index is 9.58.